The lowest BCUT2D eigenvalue weighted by Crippen LogP contribution is -1.95. The second-order valence-corrected chi connectivity index (χ2v) is 2.70. The van der Waals surface area contributed by atoms with E-state index in [9.17, 15) is 0 Å². The Balaban J connectivity index is 2.76. The molecule has 0 atom stereocenters. The molecule has 4 nitrogen and oxygen atoms in total. The highest BCUT2D eigenvalue weighted by Crippen LogP contribution is 2.09. The quantitative estimate of drug-likeness (QED) is 0.687. The predicted octanol–water partition coefficient (Wildman–Crippen LogP) is 0.665. The average Bonchev–Trinajstić information content (AvgIpc) is 2.59. The molecule has 2 aromatic heterocycles. The Morgan fingerprint density at radius 3 is 3.15 bits per heavy atom. The van der Waals surface area contributed by atoms with Crippen LogP contribution < -0.4 is 5.73 Å². The number of nitriles is 1. The molecule has 2 heterocycles. The summed E-state index contributed by atoms with van der Waals surface area (Å²) in [7, 11) is 0. The summed E-state index contributed by atoms with van der Waals surface area (Å²) in [5.41, 5.74) is 7.48. The Labute approximate surface area is 75.2 Å². The molecule has 64 valence electrons. The number of fused-ring (bicyclic) bond motifs is 1. The van der Waals surface area contributed by atoms with Crippen molar-refractivity contribution in [3.8, 4) is 6.07 Å². The van der Waals surface area contributed by atoms with E-state index in [4.69, 9.17) is 11.0 Å². The summed E-state index contributed by atoms with van der Waals surface area (Å²) in [6.45, 7) is 0.395. The molecule has 0 fully saturated rings. The fraction of sp³-hybridized carbons (Fsp3) is 0.111. The maximum atomic E-state index is 8.78. The van der Waals surface area contributed by atoms with E-state index in [2.05, 4.69) is 11.1 Å². The van der Waals surface area contributed by atoms with E-state index in [-0.39, 0.29) is 0 Å². The minimum Gasteiger partial charge on any atom is -0.325 e. The fourth-order valence-corrected chi connectivity index (χ4v) is 1.25. The fourth-order valence-electron chi connectivity index (χ4n) is 1.25. The van der Waals surface area contributed by atoms with E-state index in [0.717, 1.165) is 5.69 Å². The van der Waals surface area contributed by atoms with Gasteiger partial charge in [-0.15, -0.1) is 0 Å². The monoisotopic (exact) mass is 172 g/mol. The highest BCUT2D eigenvalue weighted by molar-refractivity contribution is 5.55. The normalized spacial score (nSPS) is 10.2. The zero-order valence-corrected chi connectivity index (χ0v) is 6.94. The smallest absolute Gasteiger partial charge is 0.155 e. The highest BCUT2D eigenvalue weighted by atomic mass is 15.0. The molecule has 0 saturated carbocycles. The van der Waals surface area contributed by atoms with Crippen molar-refractivity contribution in [2.45, 2.75) is 6.54 Å². The molecule has 2 aromatic rings. The number of nitrogens with zero attached hydrogens (tertiary/aromatic N) is 3. The van der Waals surface area contributed by atoms with Gasteiger partial charge in [-0.05, 0) is 12.1 Å². The molecule has 0 amide bonds. The second kappa shape index (κ2) is 2.88. The Morgan fingerprint density at radius 2 is 2.46 bits per heavy atom. The number of hydrogen-bond acceptors (Lipinski definition) is 3. The van der Waals surface area contributed by atoms with E-state index in [0.29, 0.717) is 17.8 Å². The minimum absolute atomic E-state index is 0.395. The number of nitrogens with two attached hydrogens (primary N) is 1. The topological polar surface area (TPSA) is 67.1 Å². The summed E-state index contributed by atoms with van der Waals surface area (Å²) >= 11 is 0. The number of pyridine rings is 1. The van der Waals surface area contributed by atoms with Crippen molar-refractivity contribution in [2.24, 2.45) is 5.73 Å². The van der Waals surface area contributed by atoms with Crippen molar-refractivity contribution in [2.75, 3.05) is 0 Å². The SMILES string of the molecule is N#Cc1cccn2cc(CN)nc12. The van der Waals surface area contributed by atoms with Crippen LogP contribution in [0.25, 0.3) is 5.65 Å². The third kappa shape index (κ3) is 1.15. The highest BCUT2D eigenvalue weighted by Gasteiger charge is 2.03. The van der Waals surface area contributed by atoms with Crippen molar-refractivity contribution in [3.05, 3.63) is 35.8 Å². The largest absolute Gasteiger partial charge is 0.325 e. The zero-order chi connectivity index (χ0) is 9.26. The van der Waals surface area contributed by atoms with Gasteiger partial charge in [-0.25, -0.2) is 4.98 Å². The Hall–Kier alpha value is -1.86. The third-order valence-electron chi connectivity index (χ3n) is 1.86. The second-order valence-electron chi connectivity index (χ2n) is 2.70. The molecule has 0 aliphatic rings. The summed E-state index contributed by atoms with van der Waals surface area (Å²) in [6, 6.07) is 5.63. The van der Waals surface area contributed by atoms with E-state index in [1.807, 2.05) is 18.5 Å². The predicted molar refractivity (Wildman–Crippen MR) is 47.8 cm³/mol. The maximum absolute atomic E-state index is 8.78. The molecule has 2 rings (SSSR count). The molecule has 0 spiro atoms. The van der Waals surface area contributed by atoms with Gasteiger partial charge in [0.2, 0.25) is 0 Å². The lowest BCUT2D eigenvalue weighted by Gasteiger charge is -1.91. The van der Waals surface area contributed by atoms with Crippen LogP contribution >= 0.6 is 0 Å². The van der Waals surface area contributed by atoms with Gasteiger partial charge in [-0.3, -0.25) is 0 Å². The summed E-state index contributed by atoms with van der Waals surface area (Å²) in [5.74, 6) is 0. The van der Waals surface area contributed by atoms with Crippen LogP contribution in [0.2, 0.25) is 0 Å². The van der Waals surface area contributed by atoms with Gasteiger partial charge >= 0.3 is 0 Å². The van der Waals surface area contributed by atoms with Gasteiger partial charge in [0.05, 0.1) is 11.3 Å². The first-order valence-corrected chi connectivity index (χ1v) is 3.92. The van der Waals surface area contributed by atoms with Gasteiger partial charge in [0, 0.05) is 18.9 Å². The van der Waals surface area contributed by atoms with Gasteiger partial charge in [0.25, 0.3) is 0 Å². The average molecular weight is 172 g/mol. The molecule has 0 bridgehead atoms. The van der Waals surface area contributed by atoms with E-state index >= 15 is 0 Å². The zero-order valence-electron chi connectivity index (χ0n) is 6.94. The molecular formula is C9H8N4. The molecule has 0 unspecified atom stereocenters. The van der Waals surface area contributed by atoms with Crippen LogP contribution in [-0.4, -0.2) is 9.38 Å². The van der Waals surface area contributed by atoms with E-state index in [1.165, 1.54) is 0 Å². The molecule has 13 heavy (non-hydrogen) atoms. The summed E-state index contributed by atoms with van der Waals surface area (Å²) < 4.78 is 1.81. The first-order chi connectivity index (χ1) is 6.35. The van der Waals surface area contributed by atoms with Crippen molar-refractivity contribution in [1.29, 1.82) is 5.26 Å². The summed E-state index contributed by atoms with van der Waals surface area (Å²) in [5, 5.41) is 8.78. The van der Waals surface area contributed by atoms with Crippen molar-refractivity contribution >= 4 is 5.65 Å². The lowest BCUT2D eigenvalue weighted by molar-refractivity contribution is 1.02. The molecule has 2 N–H and O–H groups in total. The molecule has 0 saturated heterocycles. The van der Waals surface area contributed by atoms with Crippen LogP contribution in [-0.2, 0) is 6.54 Å². The van der Waals surface area contributed by atoms with Crippen LogP contribution in [0, 0.1) is 11.3 Å². The standard InChI is InChI=1S/C9H8N4/c10-4-7-2-1-3-13-6-8(5-11)12-9(7)13/h1-3,6H,5,11H2. The maximum Gasteiger partial charge on any atom is 0.155 e. The van der Waals surface area contributed by atoms with Gasteiger partial charge in [-0.2, -0.15) is 5.26 Å². The third-order valence-corrected chi connectivity index (χ3v) is 1.86. The van der Waals surface area contributed by atoms with Crippen LogP contribution in [0.5, 0.6) is 0 Å². The van der Waals surface area contributed by atoms with Crippen LogP contribution in [0.4, 0.5) is 0 Å². The lowest BCUT2D eigenvalue weighted by atomic mass is 10.3. The van der Waals surface area contributed by atoms with Crippen LogP contribution in [0.1, 0.15) is 11.3 Å². The van der Waals surface area contributed by atoms with Crippen molar-refractivity contribution in [3.63, 3.8) is 0 Å². The first kappa shape index (κ1) is 7.77. The summed E-state index contributed by atoms with van der Waals surface area (Å²) in [4.78, 5) is 4.22. The molecule has 4 heteroatoms. The Bertz CT molecular complexity index is 478. The Morgan fingerprint density at radius 1 is 1.62 bits per heavy atom. The molecule has 0 aliphatic heterocycles. The molecule has 0 aromatic carbocycles. The van der Waals surface area contributed by atoms with Gasteiger partial charge in [0.15, 0.2) is 5.65 Å². The Kier molecular flexibility index (Phi) is 1.72. The van der Waals surface area contributed by atoms with E-state index < -0.39 is 0 Å². The van der Waals surface area contributed by atoms with E-state index in [1.54, 1.807) is 10.5 Å². The number of imidazole rings is 1. The van der Waals surface area contributed by atoms with Gasteiger partial charge < -0.3 is 10.1 Å². The van der Waals surface area contributed by atoms with Gasteiger partial charge in [0.1, 0.15) is 6.07 Å². The summed E-state index contributed by atoms with van der Waals surface area (Å²) in [6.07, 6.45) is 3.68. The van der Waals surface area contributed by atoms with Crippen LogP contribution in [0.3, 0.4) is 0 Å². The number of aromatic nitrogens is 2. The number of rotatable bonds is 1. The van der Waals surface area contributed by atoms with Crippen molar-refractivity contribution in [1.82, 2.24) is 9.38 Å². The number of hydrogen-bond donors (Lipinski definition) is 1. The van der Waals surface area contributed by atoms with Crippen molar-refractivity contribution < 1.29 is 0 Å². The molecular weight excluding hydrogens is 164 g/mol. The minimum atomic E-state index is 0.395. The first-order valence-electron chi connectivity index (χ1n) is 3.92. The molecule has 0 aliphatic carbocycles. The van der Waals surface area contributed by atoms with Crippen LogP contribution in [0.15, 0.2) is 24.5 Å². The van der Waals surface area contributed by atoms with Gasteiger partial charge in [-0.1, -0.05) is 0 Å². The molecule has 0 radical (unpaired) electrons.